The number of pyridine rings is 1. The van der Waals surface area contributed by atoms with Crippen LogP contribution >= 0.6 is 0 Å². The first-order chi connectivity index (χ1) is 12.8. The van der Waals surface area contributed by atoms with E-state index in [0.717, 1.165) is 38.0 Å². The molecule has 0 radical (unpaired) electrons. The van der Waals surface area contributed by atoms with Crippen LogP contribution in [0.4, 0.5) is 10.6 Å². The van der Waals surface area contributed by atoms with Crippen molar-refractivity contribution in [2.45, 2.75) is 96.9 Å². The van der Waals surface area contributed by atoms with Crippen LogP contribution in [-0.4, -0.2) is 40.2 Å². The van der Waals surface area contributed by atoms with E-state index in [0.29, 0.717) is 12.1 Å². The number of hydrogen-bond donors (Lipinski definition) is 0. The molecule has 0 spiro atoms. The summed E-state index contributed by atoms with van der Waals surface area (Å²) in [6, 6.07) is 5.14. The van der Waals surface area contributed by atoms with Crippen molar-refractivity contribution >= 4 is 11.9 Å². The largest absolute Gasteiger partial charge is 0.443 e. The van der Waals surface area contributed by atoms with Gasteiger partial charge in [0.1, 0.15) is 11.4 Å². The molecule has 2 fully saturated rings. The van der Waals surface area contributed by atoms with Crippen molar-refractivity contribution in [1.29, 1.82) is 0 Å². The van der Waals surface area contributed by atoms with Gasteiger partial charge in [-0.1, -0.05) is 12.5 Å². The maximum Gasteiger partial charge on any atom is 0.416 e. The highest BCUT2D eigenvalue weighted by atomic mass is 16.6. The predicted octanol–water partition coefficient (Wildman–Crippen LogP) is 5.31. The average molecular weight is 374 g/mol. The quantitative estimate of drug-likeness (QED) is 0.717. The number of ether oxygens (including phenoxy) is 1. The molecule has 1 aliphatic heterocycles. The monoisotopic (exact) mass is 373 g/mol. The number of likely N-dealkylation sites (tertiary alicyclic amines) is 1. The van der Waals surface area contributed by atoms with Crippen molar-refractivity contribution in [2.75, 3.05) is 11.4 Å². The van der Waals surface area contributed by atoms with E-state index < -0.39 is 5.60 Å². The Hall–Kier alpha value is -1.62. The minimum atomic E-state index is -0.511. The summed E-state index contributed by atoms with van der Waals surface area (Å²) in [6.07, 6.45) is 8.32. The van der Waals surface area contributed by atoms with Crippen molar-refractivity contribution in [1.82, 2.24) is 9.88 Å². The van der Waals surface area contributed by atoms with E-state index in [-0.39, 0.29) is 12.1 Å². The Balaban J connectivity index is 1.97. The van der Waals surface area contributed by atoms with Crippen molar-refractivity contribution < 1.29 is 9.53 Å². The summed E-state index contributed by atoms with van der Waals surface area (Å²) < 4.78 is 5.76. The van der Waals surface area contributed by atoms with Gasteiger partial charge in [0.25, 0.3) is 0 Å². The van der Waals surface area contributed by atoms with Crippen LogP contribution in [0.5, 0.6) is 0 Å². The first-order valence-corrected chi connectivity index (χ1v) is 10.5. The maximum atomic E-state index is 13.1. The van der Waals surface area contributed by atoms with Crippen molar-refractivity contribution in [3.8, 4) is 0 Å². The number of aromatic nitrogens is 1. The standard InChI is InChI=1S/C22H35N3O2/c1-16(2)24-15-7-6-13-19(24)18-12-9-14-23-20(18)25(17-10-8-11-17)21(26)27-22(3,4)5/h9,12,14,16-17,19H,6-8,10-11,13,15H2,1-5H3/t19-/m0/s1. The second kappa shape index (κ2) is 8.17. The molecule has 2 aliphatic rings. The zero-order valence-electron chi connectivity index (χ0n) is 17.6. The Bertz CT molecular complexity index is 649. The zero-order chi connectivity index (χ0) is 19.6. The topological polar surface area (TPSA) is 45.7 Å². The normalized spacial score (nSPS) is 21.8. The number of nitrogens with zero attached hydrogens (tertiary/aromatic N) is 3. The molecule has 1 aromatic heterocycles. The highest BCUT2D eigenvalue weighted by molar-refractivity contribution is 5.88. The Kier molecular flexibility index (Phi) is 6.09. The van der Waals surface area contributed by atoms with Crippen LogP contribution in [0.1, 0.15) is 84.7 Å². The first kappa shape index (κ1) is 20.1. The second-order valence-corrected chi connectivity index (χ2v) is 9.19. The third kappa shape index (κ3) is 4.63. The van der Waals surface area contributed by atoms with E-state index in [1.165, 1.54) is 18.4 Å². The van der Waals surface area contributed by atoms with Crippen LogP contribution in [0, 0.1) is 0 Å². The molecule has 2 heterocycles. The van der Waals surface area contributed by atoms with E-state index in [1.54, 1.807) is 6.20 Å². The third-order valence-electron chi connectivity index (χ3n) is 5.64. The fourth-order valence-electron chi connectivity index (χ4n) is 4.14. The van der Waals surface area contributed by atoms with Gasteiger partial charge < -0.3 is 4.74 Å². The predicted molar refractivity (Wildman–Crippen MR) is 109 cm³/mol. The van der Waals surface area contributed by atoms with Gasteiger partial charge >= 0.3 is 6.09 Å². The van der Waals surface area contributed by atoms with Gasteiger partial charge in [0, 0.05) is 29.9 Å². The van der Waals surface area contributed by atoms with Crippen molar-refractivity contribution in [2.24, 2.45) is 0 Å². The van der Waals surface area contributed by atoms with Crippen molar-refractivity contribution in [3.63, 3.8) is 0 Å². The number of hydrogen-bond acceptors (Lipinski definition) is 4. The Morgan fingerprint density at radius 2 is 1.96 bits per heavy atom. The molecule has 1 atom stereocenters. The fourth-order valence-corrected chi connectivity index (χ4v) is 4.14. The molecule has 27 heavy (non-hydrogen) atoms. The molecular weight excluding hydrogens is 338 g/mol. The summed E-state index contributed by atoms with van der Waals surface area (Å²) >= 11 is 0. The highest BCUT2D eigenvalue weighted by Crippen LogP contribution is 2.39. The van der Waals surface area contributed by atoms with Gasteiger partial charge in [0.05, 0.1) is 0 Å². The molecule has 1 amide bonds. The van der Waals surface area contributed by atoms with E-state index >= 15 is 0 Å². The Labute approximate surface area is 164 Å². The Morgan fingerprint density at radius 3 is 2.56 bits per heavy atom. The van der Waals surface area contributed by atoms with E-state index in [2.05, 4.69) is 24.8 Å². The molecule has 1 saturated heterocycles. The molecule has 1 aliphatic carbocycles. The van der Waals surface area contributed by atoms with Crippen LogP contribution in [-0.2, 0) is 4.74 Å². The molecule has 0 aromatic carbocycles. The van der Waals surface area contributed by atoms with Gasteiger partial charge in [-0.15, -0.1) is 0 Å². The molecule has 0 N–H and O–H groups in total. The lowest BCUT2D eigenvalue weighted by molar-refractivity contribution is 0.0545. The number of piperidine rings is 1. The molecule has 1 saturated carbocycles. The summed E-state index contributed by atoms with van der Waals surface area (Å²) in [5, 5.41) is 0. The van der Waals surface area contributed by atoms with E-state index in [1.807, 2.05) is 31.7 Å². The molecule has 5 heteroatoms. The lowest BCUT2D eigenvalue weighted by Crippen LogP contribution is -2.48. The molecule has 5 nitrogen and oxygen atoms in total. The molecule has 0 unspecified atom stereocenters. The van der Waals surface area contributed by atoms with E-state index in [9.17, 15) is 4.79 Å². The highest BCUT2D eigenvalue weighted by Gasteiger charge is 2.37. The van der Waals surface area contributed by atoms with Gasteiger partial charge in [-0.25, -0.2) is 9.78 Å². The summed E-state index contributed by atoms with van der Waals surface area (Å²) in [5.74, 6) is 0.800. The second-order valence-electron chi connectivity index (χ2n) is 9.19. The molecule has 0 bridgehead atoms. The summed E-state index contributed by atoms with van der Waals surface area (Å²) in [7, 11) is 0. The lowest BCUT2D eigenvalue weighted by atomic mass is 9.90. The summed E-state index contributed by atoms with van der Waals surface area (Å²) in [4.78, 5) is 22.2. The van der Waals surface area contributed by atoms with Crippen LogP contribution in [0.25, 0.3) is 0 Å². The van der Waals surface area contributed by atoms with Crippen LogP contribution < -0.4 is 4.90 Å². The third-order valence-corrected chi connectivity index (χ3v) is 5.64. The zero-order valence-corrected chi connectivity index (χ0v) is 17.6. The first-order valence-electron chi connectivity index (χ1n) is 10.5. The van der Waals surface area contributed by atoms with E-state index in [4.69, 9.17) is 9.72 Å². The van der Waals surface area contributed by atoms with Gasteiger partial charge in [-0.05, 0) is 79.3 Å². The smallest absolute Gasteiger partial charge is 0.416 e. The van der Waals surface area contributed by atoms with Crippen LogP contribution in [0.3, 0.4) is 0 Å². The minimum Gasteiger partial charge on any atom is -0.443 e. The number of amides is 1. The van der Waals surface area contributed by atoms with Crippen LogP contribution in [0.15, 0.2) is 18.3 Å². The van der Waals surface area contributed by atoms with Gasteiger partial charge in [-0.3, -0.25) is 9.80 Å². The minimum absolute atomic E-state index is 0.199. The number of anilines is 1. The Morgan fingerprint density at radius 1 is 1.22 bits per heavy atom. The van der Waals surface area contributed by atoms with Gasteiger partial charge in [-0.2, -0.15) is 0 Å². The maximum absolute atomic E-state index is 13.1. The number of rotatable bonds is 4. The number of carbonyl (C=O) groups is 1. The molecule has 150 valence electrons. The SMILES string of the molecule is CC(C)N1CCCC[C@H]1c1cccnc1N(C(=O)OC(C)(C)C)C1CCC1. The lowest BCUT2D eigenvalue weighted by Gasteiger charge is -2.42. The number of carbonyl (C=O) groups excluding carboxylic acids is 1. The molecular formula is C22H35N3O2. The van der Waals surface area contributed by atoms with Gasteiger partial charge in [0.15, 0.2) is 0 Å². The molecule has 1 aromatic rings. The van der Waals surface area contributed by atoms with Crippen LogP contribution in [0.2, 0.25) is 0 Å². The fraction of sp³-hybridized carbons (Fsp3) is 0.727. The van der Waals surface area contributed by atoms with Crippen molar-refractivity contribution in [3.05, 3.63) is 23.9 Å². The summed E-state index contributed by atoms with van der Waals surface area (Å²) in [6.45, 7) is 11.4. The van der Waals surface area contributed by atoms with Gasteiger partial charge in [0.2, 0.25) is 0 Å². The molecule has 3 rings (SSSR count). The summed E-state index contributed by atoms with van der Waals surface area (Å²) in [5.41, 5.74) is 0.659. The average Bonchev–Trinajstić information content (AvgIpc) is 2.56.